The average molecular weight is 306 g/mol. The van der Waals surface area contributed by atoms with Gasteiger partial charge < -0.3 is 9.73 Å². The molecule has 0 spiro atoms. The van der Waals surface area contributed by atoms with Crippen molar-refractivity contribution in [2.75, 3.05) is 5.32 Å². The van der Waals surface area contributed by atoms with E-state index in [2.05, 4.69) is 10.3 Å². The summed E-state index contributed by atoms with van der Waals surface area (Å²) in [6, 6.07) is 16.4. The van der Waals surface area contributed by atoms with E-state index in [1.165, 1.54) is 12.1 Å². The number of fused-ring (bicyclic) bond motifs is 3. The first-order chi connectivity index (χ1) is 11.2. The summed E-state index contributed by atoms with van der Waals surface area (Å²) in [4.78, 5) is 4.47. The molecule has 2 heterocycles. The SMILES string of the molecule is Cc1cccc(CNc2ccc3oc4ccc(F)cc4c3c2)n1. The summed E-state index contributed by atoms with van der Waals surface area (Å²) in [5.74, 6) is -0.262. The van der Waals surface area contributed by atoms with Crippen molar-refractivity contribution >= 4 is 27.6 Å². The number of aromatic nitrogens is 1. The number of nitrogens with zero attached hydrogens (tertiary/aromatic N) is 1. The fraction of sp³-hybridized carbons (Fsp3) is 0.105. The van der Waals surface area contributed by atoms with Gasteiger partial charge in [-0.2, -0.15) is 0 Å². The zero-order valence-electron chi connectivity index (χ0n) is 12.6. The molecule has 0 saturated heterocycles. The predicted molar refractivity (Wildman–Crippen MR) is 90.0 cm³/mol. The Morgan fingerprint density at radius 2 is 1.78 bits per heavy atom. The minimum absolute atomic E-state index is 0.262. The minimum atomic E-state index is -0.262. The van der Waals surface area contributed by atoms with Gasteiger partial charge in [0.05, 0.1) is 12.2 Å². The molecule has 2 aromatic carbocycles. The summed E-state index contributed by atoms with van der Waals surface area (Å²) in [7, 11) is 0. The summed E-state index contributed by atoms with van der Waals surface area (Å²) in [5.41, 5.74) is 4.38. The molecule has 0 amide bonds. The third-order valence-corrected chi connectivity index (χ3v) is 3.85. The van der Waals surface area contributed by atoms with Crippen LogP contribution in [-0.4, -0.2) is 4.98 Å². The van der Waals surface area contributed by atoms with Crippen LogP contribution < -0.4 is 5.32 Å². The molecular formula is C19H15FN2O. The van der Waals surface area contributed by atoms with Gasteiger partial charge in [0.15, 0.2) is 0 Å². The van der Waals surface area contributed by atoms with Crippen molar-refractivity contribution in [3.63, 3.8) is 0 Å². The van der Waals surface area contributed by atoms with Crippen LogP contribution in [0.3, 0.4) is 0 Å². The smallest absolute Gasteiger partial charge is 0.135 e. The summed E-state index contributed by atoms with van der Waals surface area (Å²) >= 11 is 0. The first-order valence-corrected chi connectivity index (χ1v) is 7.47. The molecule has 2 aromatic heterocycles. The molecule has 4 rings (SSSR count). The third-order valence-electron chi connectivity index (χ3n) is 3.85. The van der Waals surface area contributed by atoms with Gasteiger partial charge in [0.1, 0.15) is 17.0 Å². The van der Waals surface area contributed by atoms with Crippen molar-refractivity contribution in [3.05, 3.63) is 71.8 Å². The largest absolute Gasteiger partial charge is 0.456 e. The van der Waals surface area contributed by atoms with Crippen LogP contribution in [0.4, 0.5) is 10.1 Å². The van der Waals surface area contributed by atoms with Crippen molar-refractivity contribution in [2.24, 2.45) is 0 Å². The lowest BCUT2D eigenvalue weighted by Crippen LogP contribution is -2.01. The minimum Gasteiger partial charge on any atom is -0.456 e. The molecule has 0 atom stereocenters. The highest BCUT2D eigenvalue weighted by atomic mass is 19.1. The van der Waals surface area contributed by atoms with Crippen molar-refractivity contribution in [2.45, 2.75) is 13.5 Å². The monoisotopic (exact) mass is 306 g/mol. The molecule has 4 heteroatoms. The Balaban J connectivity index is 1.68. The van der Waals surface area contributed by atoms with E-state index in [1.807, 2.05) is 43.3 Å². The Kier molecular flexibility index (Phi) is 3.23. The summed E-state index contributed by atoms with van der Waals surface area (Å²) < 4.78 is 19.2. The van der Waals surface area contributed by atoms with Gasteiger partial charge in [-0.15, -0.1) is 0 Å². The van der Waals surface area contributed by atoms with Crippen LogP contribution in [0.25, 0.3) is 21.9 Å². The summed E-state index contributed by atoms with van der Waals surface area (Å²) in [6.45, 7) is 2.61. The van der Waals surface area contributed by atoms with Crippen molar-refractivity contribution in [3.8, 4) is 0 Å². The highest BCUT2D eigenvalue weighted by Gasteiger charge is 2.08. The van der Waals surface area contributed by atoms with E-state index in [-0.39, 0.29) is 5.82 Å². The summed E-state index contributed by atoms with van der Waals surface area (Å²) in [5, 5.41) is 5.05. The Labute approximate surface area is 132 Å². The molecule has 0 saturated carbocycles. The molecule has 0 aliphatic carbocycles. The van der Waals surface area contributed by atoms with E-state index in [0.717, 1.165) is 33.4 Å². The Bertz CT molecular complexity index is 1010. The molecule has 4 aromatic rings. The molecule has 0 bridgehead atoms. The first kappa shape index (κ1) is 13.8. The molecule has 0 radical (unpaired) electrons. The zero-order chi connectivity index (χ0) is 15.8. The van der Waals surface area contributed by atoms with Gasteiger partial charge in [0.25, 0.3) is 0 Å². The number of halogens is 1. The number of anilines is 1. The standard InChI is InChI=1S/C19H15FN2O/c1-12-3-2-4-15(22-12)11-21-14-6-8-19-17(10-14)16-9-13(20)5-7-18(16)23-19/h2-10,21H,11H2,1H3. The molecular weight excluding hydrogens is 291 g/mol. The number of aryl methyl sites for hydroxylation is 1. The normalized spacial score (nSPS) is 11.2. The second-order valence-corrected chi connectivity index (χ2v) is 5.58. The lowest BCUT2D eigenvalue weighted by atomic mass is 10.1. The number of hydrogen-bond donors (Lipinski definition) is 1. The maximum absolute atomic E-state index is 13.5. The quantitative estimate of drug-likeness (QED) is 0.576. The molecule has 114 valence electrons. The van der Waals surface area contributed by atoms with Crippen LogP contribution in [0.15, 0.2) is 59.0 Å². The van der Waals surface area contributed by atoms with Gasteiger partial charge in [-0.3, -0.25) is 4.98 Å². The Hall–Kier alpha value is -2.88. The topological polar surface area (TPSA) is 38.1 Å². The van der Waals surface area contributed by atoms with Crippen LogP contribution >= 0.6 is 0 Å². The van der Waals surface area contributed by atoms with Crippen molar-refractivity contribution in [1.29, 1.82) is 0 Å². The lowest BCUT2D eigenvalue weighted by molar-refractivity contribution is 0.626. The van der Waals surface area contributed by atoms with Gasteiger partial charge in [-0.25, -0.2) is 4.39 Å². The van der Waals surface area contributed by atoms with Crippen molar-refractivity contribution < 1.29 is 8.81 Å². The van der Waals surface area contributed by atoms with Crippen LogP contribution in [0, 0.1) is 12.7 Å². The number of pyridine rings is 1. The van der Waals surface area contributed by atoms with E-state index in [9.17, 15) is 4.39 Å². The first-order valence-electron chi connectivity index (χ1n) is 7.47. The van der Waals surface area contributed by atoms with E-state index < -0.39 is 0 Å². The molecule has 0 aliphatic heterocycles. The van der Waals surface area contributed by atoms with Gasteiger partial charge in [0.2, 0.25) is 0 Å². The maximum Gasteiger partial charge on any atom is 0.135 e. The molecule has 3 nitrogen and oxygen atoms in total. The molecule has 23 heavy (non-hydrogen) atoms. The van der Waals surface area contributed by atoms with E-state index in [0.29, 0.717) is 12.1 Å². The number of furan rings is 1. The Morgan fingerprint density at radius 3 is 2.61 bits per heavy atom. The number of rotatable bonds is 3. The highest BCUT2D eigenvalue weighted by molar-refractivity contribution is 6.05. The second-order valence-electron chi connectivity index (χ2n) is 5.58. The van der Waals surface area contributed by atoms with Crippen LogP contribution in [-0.2, 0) is 6.54 Å². The van der Waals surface area contributed by atoms with Crippen LogP contribution in [0.5, 0.6) is 0 Å². The fourth-order valence-corrected chi connectivity index (χ4v) is 2.75. The summed E-state index contributed by atoms with van der Waals surface area (Å²) in [6.07, 6.45) is 0. The van der Waals surface area contributed by atoms with E-state index in [4.69, 9.17) is 4.42 Å². The number of hydrogen-bond acceptors (Lipinski definition) is 3. The Morgan fingerprint density at radius 1 is 1.00 bits per heavy atom. The van der Waals surface area contributed by atoms with Gasteiger partial charge in [-0.1, -0.05) is 6.07 Å². The molecule has 0 aliphatic rings. The van der Waals surface area contributed by atoms with E-state index >= 15 is 0 Å². The van der Waals surface area contributed by atoms with Crippen LogP contribution in [0.2, 0.25) is 0 Å². The lowest BCUT2D eigenvalue weighted by Gasteiger charge is -2.06. The van der Waals surface area contributed by atoms with Crippen molar-refractivity contribution in [1.82, 2.24) is 4.98 Å². The number of nitrogens with one attached hydrogen (secondary N) is 1. The van der Waals surface area contributed by atoms with Crippen LogP contribution in [0.1, 0.15) is 11.4 Å². The predicted octanol–water partition coefficient (Wildman–Crippen LogP) is 5.04. The number of benzene rings is 2. The maximum atomic E-state index is 13.5. The highest BCUT2D eigenvalue weighted by Crippen LogP contribution is 2.31. The fourth-order valence-electron chi connectivity index (χ4n) is 2.75. The third kappa shape index (κ3) is 2.63. The second kappa shape index (κ2) is 5.39. The van der Waals surface area contributed by atoms with E-state index in [1.54, 1.807) is 6.07 Å². The van der Waals surface area contributed by atoms with Gasteiger partial charge >= 0.3 is 0 Å². The molecule has 0 unspecified atom stereocenters. The van der Waals surface area contributed by atoms with Gasteiger partial charge in [-0.05, 0) is 55.5 Å². The molecule has 0 fully saturated rings. The zero-order valence-corrected chi connectivity index (χ0v) is 12.6. The molecule has 1 N–H and O–H groups in total. The van der Waals surface area contributed by atoms with Gasteiger partial charge in [0, 0.05) is 22.2 Å². The average Bonchev–Trinajstić information content (AvgIpc) is 2.90.